The first-order valence-electron chi connectivity index (χ1n) is 5.84. The van der Waals surface area contributed by atoms with E-state index < -0.39 is 5.91 Å². The summed E-state index contributed by atoms with van der Waals surface area (Å²) in [6.45, 7) is 4.77. The predicted molar refractivity (Wildman–Crippen MR) is 76.9 cm³/mol. The maximum atomic E-state index is 10.7. The van der Waals surface area contributed by atoms with Gasteiger partial charge in [0.2, 0.25) is 0 Å². The lowest BCUT2D eigenvalue weighted by atomic mass is 10.2. The van der Waals surface area contributed by atoms with E-state index in [1.807, 2.05) is 12.1 Å². The Bertz CT molecular complexity index is 411. The number of carbonyl (C=O) groups excluding carboxylic acids is 1. The van der Waals surface area contributed by atoms with Crippen molar-refractivity contribution in [1.82, 2.24) is 5.32 Å². The third-order valence-electron chi connectivity index (χ3n) is 2.31. The van der Waals surface area contributed by atoms with Gasteiger partial charge in [-0.2, -0.15) is 0 Å². The number of hydrogen-bond donors (Lipinski definition) is 2. The van der Waals surface area contributed by atoms with Crippen LogP contribution in [-0.2, 0) is 11.3 Å². The van der Waals surface area contributed by atoms with E-state index in [-0.39, 0.29) is 19.0 Å². The molecule has 6 heteroatoms. The summed E-state index contributed by atoms with van der Waals surface area (Å²) in [6.07, 6.45) is 0. The smallest absolute Gasteiger partial charge is 0.255 e. The number of benzene rings is 1. The highest BCUT2D eigenvalue weighted by atomic mass is 35.5. The molecule has 5 nitrogen and oxygen atoms in total. The van der Waals surface area contributed by atoms with E-state index in [0.717, 1.165) is 12.1 Å². The molecule has 0 spiro atoms. The second kappa shape index (κ2) is 8.61. The maximum absolute atomic E-state index is 10.7. The molecule has 108 valence electrons. The van der Waals surface area contributed by atoms with Crippen molar-refractivity contribution in [2.45, 2.75) is 26.4 Å². The highest BCUT2D eigenvalue weighted by molar-refractivity contribution is 5.85. The molecule has 0 unspecified atom stereocenters. The van der Waals surface area contributed by atoms with Crippen molar-refractivity contribution in [1.29, 1.82) is 0 Å². The van der Waals surface area contributed by atoms with Gasteiger partial charge in [-0.05, 0) is 17.7 Å². The first-order valence-corrected chi connectivity index (χ1v) is 5.84. The van der Waals surface area contributed by atoms with Gasteiger partial charge in [0.25, 0.3) is 5.91 Å². The van der Waals surface area contributed by atoms with Crippen LogP contribution >= 0.6 is 12.4 Å². The average Bonchev–Trinajstić information content (AvgIpc) is 2.34. The van der Waals surface area contributed by atoms with E-state index in [4.69, 9.17) is 15.2 Å². The van der Waals surface area contributed by atoms with Crippen molar-refractivity contribution in [3.05, 3.63) is 23.8 Å². The van der Waals surface area contributed by atoms with E-state index in [1.54, 1.807) is 13.2 Å². The fourth-order valence-corrected chi connectivity index (χ4v) is 1.41. The van der Waals surface area contributed by atoms with Crippen LogP contribution in [0.4, 0.5) is 0 Å². The number of hydrogen-bond acceptors (Lipinski definition) is 4. The van der Waals surface area contributed by atoms with Crippen LogP contribution in [0.2, 0.25) is 0 Å². The van der Waals surface area contributed by atoms with E-state index >= 15 is 0 Å². The molecule has 0 bridgehead atoms. The summed E-state index contributed by atoms with van der Waals surface area (Å²) < 4.78 is 10.5. The Labute approximate surface area is 119 Å². The van der Waals surface area contributed by atoms with Gasteiger partial charge in [0, 0.05) is 12.6 Å². The standard InChI is InChI=1S/C13H20N2O3.ClH/c1-9(2)15-7-10-4-5-11(12(6-10)17-3)18-8-13(14)16;/h4-6,9,15H,7-8H2,1-3H3,(H2,14,16);1H. The molecule has 1 aromatic rings. The lowest BCUT2D eigenvalue weighted by Gasteiger charge is -2.12. The Morgan fingerprint density at radius 1 is 1.37 bits per heavy atom. The summed E-state index contributed by atoms with van der Waals surface area (Å²) in [5, 5.41) is 3.31. The van der Waals surface area contributed by atoms with Crippen molar-refractivity contribution >= 4 is 18.3 Å². The fraction of sp³-hybridized carbons (Fsp3) is 0.462. The maximum Gasteiger partial charge on any atom is 0.255 e. The molecular formula is C13H21ClN2O3. The summed E-state index contributed by atoms with van der Waals surface area (Å²) >= 11 is 0. The lowest BCUT2D eigenvalue weighted by molar-refractivity contribution is -0.119. The van der Waals surface area contributed by atoms with Gasteiger partial charge in [-0.3, -0.25) is 4.79 Å². The summed E-state index contributed by atoms with van der Waals surface area (Å²) in [5.41, 5.74) is 6.12. The van der Waals surface area contributed by atoms with Crippen molar-refractivity contribution in [3.8, 4) is 11.5 Å². The molecule has 1 rings (SSSR count). The zero-order valence-electron chi connectivity index (χ0n) is 11.4. The fourth-order valence-electron chi connectivity index (χ4n) is 1.41. The predicted octanol–water partition coefficient (Wildman–Crippen LogP) is 1.48. The quantitative estimate of drug-likeness (QED) is 0.797. The SMILES string of the molecule is COc1cc(CNC(C)C)ccc1OCC(N)=O.Cl. The molecule has 0 heterocycles. The van der Waals surface area contributed by atoms with Gasteiger partial charge in [-0.1, -0.05) is 19.9 Å². The summed E-state index contributed by atoms with van der Waals surface area (Å²) in [5.74, 6) is 0.603. The third-order valence-corrected chi connectivity index (χ3v) is 2.31. The molecule has 0 saturated carbocycles. The largest absolute Gasteiger partial charge is 0.493 e. The number of rotatable bonds is 7. The molecule has 0 aromatic heterocycles. The number of carbonyl (C=O) groups is 1. The molecule has 3 N–H and O–H groups in total. The number of methoxy groups -OCH3 is 1. The molecular weight excluding hydrogens is 268 g/mol. The molecule has 1 amide bonds. The van der Waals surface area contributed by atoms with Gasteiger partial charge >= 0.3 is 0 Å². The summed E-state index contributed by atoms with van der Waals surface area (Å²) in [4.78, 5) is 10.7. The zero-order valence-corrected chi connectivity index (χ0v) is 12.3. The van der Waals surface area contributed by atoms with Crippen LogP contribution < -0.4 is 20.5 Å². The first kappa shape index (κ1) is 17.5. The number of nitrogens with two attached hydrogens (primary N) is 1. The second-order valence-corrected chi connectivity index (χ2v) is 4.28. The first-order chi connectivity index (χ1) is 8.52. The third kappa shape index (κ3) is 6.31. The molecule has 0 fully saturated rings. The van der Waals surface area contributed by atoms with E-state index in [2.05, 4.69) is 19.2 Å². The van der Waals surface area contributed by atoms with Crippen LogP contribution in [0.1, 0.15) is 19.4 Å². The van der Waals surface area contributed by atoms with Crippen LogP contribution in [0, 0.1) is 0 Å². The average molecular weight is 289 g/mol. The Hall–Kier alpha value is -1.46. The van der Waals surface area contributed by atoms with Gasteiger partial charge in [-0.25, -0.2) is 0 Å². The van der Waals surface area contributed by atoms with Gasteiger partial charge < -0.3 is 20.5 Å². The van der Waals surface area contributed by atoms with Crippen molar-refractivity contribution in [3.63, 3.8) is 0 Å². The van der Waals surface area contributed by atoms with Crippen LogP contribution in [0.5, 0.6) is 11.5 Å². The highest BCUT2D eigenvalue weighted by Gasteiger charge is 2.07. The second-order valence-electron chi connectivity index (χ2n) is 4.28. The molecule has 19 heavy (non-hydrogen) atoms. The topological polar surface area (TPSA) is 73.6 Å². The number of amides is 1. The van der Waals surface area contributed by atoms with Gasteiger partial charge in [0.1, 0.15) is 0 Å². The van der Waals surface area contributed by atoms with E-state index in [1.165, 1.54) is 0 Å². The minimum absolute atomic E-state index is 0. The summed E-state index contributed by atoms with van der Waals surface area (Å²) in [6, 6.07) is 6.00. The minimum Gasteiger partial charge on any atom is -0.493 e. The van der Waals surface area contributed by atoms with Gasteiger partial charge in [0.05, 0.1) is 7.11 Å². The molecule has 0 aliphatic heterocycles. The van der Waals surface area contributed by atoms with E-state index in [9.17, 15) is 4.79 Å². The number of primary amides is 1. The van der Waals surface area contributed by atoms with Crippen LogP contribution in [0.3, 0.4) is 0 Å². The molecule has 0 aliphatic carbocycles. The highest BCUT2D eigenvalue weighted by Crippen LogP contribution is 2.27. The van der Waals surface area contributed by atoms with Gasteiger partial charge in [0.15, 0.2) is 18.1 Å². The van der Waals surface area contributed by atoms with Gasteiger partial charge in [-0.15, -0.1) is 12.4 Å². The van der Waals surface area contributed by atoms with Crippen molar-refractivity contribution in [2.75, 3.05) is 13.7 Å². The van der Waals surface area contributed by atoms with Crippen LogP contribution in [-0.4, -0.2) is 25.7 Å². The summed E-state index contributed by atoms with van der Waals surface area (Å²) in [7, 11) is 1.56. The monoisotopic (exact) mass is 288 g/mol. The Balaban J connectivity index is 0.00000324. The van der Waals surface area contributed by atoms with Crippen molar-refractivity contribution in [2.24, 2.45) is 5.73 Å². The minimum atomic E-state index is -0.511. The Morgan fingerprint density at radius 3 is 2.58 bits per heavy atom. The number of ether oxygens (including phenoxy) is 2. The number of halogens is 1. The Morgan fingerprint density at radius 2 is 2.05 bits per heavy atom. The number of nitrogens with one attached hydrogen (secondary N) is 1. The molecule has 0 radical (unpaired) electrons. The molecule has 1 aromatic carbocycles. The Kier molecular flexibility index (Phi) is 7.95. The normalized spacial score (nSPS) is 9.89. The lowest BCUT2D eigenvalue weighted by Crippen LogP contribution is -2.22. The molecule has 0 saturated heterocycles. The van der Waals surface area contributed by atoms with Crippen LogP contribution in [0.25, 0.3) is 0 Å². The zero-order chi connectivity index (χ0) is 13.5. The molecule has 0 atom stereocenters. The molecule has 0 aliphatic rings. The van der Waals surface area contributed by atoms with Crippen molar-refractivity contribution < 1.29 is 14.3 Å². The van der Waals surface area contributed by atoms with Crippen LogP contribution in [0.15, 0.2) is 18.2 Å². The van der Waals surface area contributed by atoms with E-state index in [0.29, 0.717) is 17.5 Å².